The third-order valence-corrected chi connectivity index (χ3v) is 5.80. The highest BCUT2D eigenvalue weighted by Gasteiger charge is 2.35. The number of alkyl carbamates (subject to hydrolysis) is 1. The molecule has 3 rings (SSSR count). The van der Waals surface area contributed by atoms with Gasteiger partial charge in [0.1, 0.15) is 18.3 Å². The molecule has 30 heavy (non-hydrogen) atoms. The molecule has 1 heterocycles. The number of hydrogen-bond donors (Lipinski definition) is 1. The Balaban J connectivity index is 1.60. The molecule has 0 spiro atoms. The van der Waals surface area contributed by atoms with Gasteiger partial charge in [-0.2, -0.15) is 0 Å². The SMILES string of the molecule is COC(=O)c1cc(Cl)c2c(c1C)OC[C@@H](C1CCC(NC(=O)OC(C)(C)C)CC1)O2. The molecule has 0 aromatic heterocycles. The van der Waals surface area contributed by atoms with Crippen molar-refractivity contribution in [3.8, 4) is 11.5 Å². The van der Waals surface area contributed by atoms with Gasteiger partial charge in [-0.1, -0.05) is 11.6 Å². The van der Waals surface area contributed by atoms with E-state index in [0.29, 0.717) is 40.2 Å². The van der Waals surface area contributed by atoms with Gasteiger partial charge in [-0.3, -0.25) is 0 Å². The quantitative estimate of drug-likeness (QED) is 0.689. The van der Waals surface area contributed by atoms with Crippen molar-refractivity contribution >= 4 is 23.7 Å². The first-order chi connectivity index (χ1) is 14.1. The largest absolute Gasteiger partial charge is 0.485 e. The third-order valence-electron chi connectivity index (χ3n) is 5.52. The van der Waals surface area contributed by atoms with E-state index >= 15 is 0 Å². The number of ether oxygens (including phenoxy) is 4. The average Bonchev–Trinajstić information content (AvgIpc) is 2.69. The van der Waals surface area contributed by atoms with E-state index in [0.717, 1.165) is 25.7 Å². The Morgan fingerprint density at radius 3 is 2.43 bits per heavy atom. The zero-order chi connectivity index (χ0) is 22.1. The van der Waals surface area contributed by atoms with Gasteiger partial charge in [0.2, 0.25) is 0 Å². The number of methoxy groups -OCH3 is 1. The standard InChI is InChI=1S/C22H30ClNO6/c1-12-15(20(25)27-5)10-16(23)19-18(12)28-11-17(29-19)13-6-8-14(9-7-13)24-21(26)30-22(2,3)4/h10,13-14,17H,6-9,11H2,1-5H3,(H,24,26)/t13?,14?,17-/m0/s1. The highest BCUT2D eigenvalue weighted by Crippen LogP contribution is 2.45. The van der Waals surface area contributed by atoms with Crippen LogP contribution < -0.4 is 14.8 Å². The number of amides is 1. The number of benzene rings is 1. The van der Waals surface area contributed by atoms with Crippen molar-refractivity contribution in [2.45, 2.75) is 71.1 Å². The van der Waals surface area contributed by atoms with Crippen molar-refractivity contribution in [1.82, 2.24) is 5.32 Å². The molecule has 0 bridgehead atoms. The molecule has 1 fully saturated rings. The van der Waals surface area contributed by atoms with Crippen LogP contribution in [0.15, 0.2) is 6.07 Å². The van der Waals surface area contributed by atoms with E-state index in [1.165, 1.54) is 7.11 Å². The van der Waals surface area contributed by atoms with Crippen LogP contribution in [-0.2, 0) is 9.47 Å². The van der Waals surface area contributed by atoms with Gasteiger partial charge in [-0.25, -0.2) is 9.59 Å². The molecule has 2 aliphatic rings. The summed E-state index contributed by atoms with van der Waals surface area (Å²) in [5, 5.41) is 3.29. The van der Waals surface area contributed by atoms with E-state index < -0.39 is 11.6 Å². The first kappa shape index (κ1) is 22.5. The first-order valence-corrected chi connectivity index (χ1v) is 10.7. The lowest BCUT2D eigenvalue weighted by atomic mass is 9.82. The third kappa shape index (κ3) is 5.12. The lowest BCUT2D eigenvalue weighted by molar-refractivity contribution is 0.0263. The van der Waals surface area contributed by atoms with Crippen LogP contribution in [0.25, 0.3) is 0 Å². The van der Waals surface area contributed by atoms with Crippen LogP contribution >= 0.6 is 11.6 Å². The molecule has 1 aromatic rings. The normalized spacial score (nSPS) is 23.5. The zero-order valence-electron chi connectivity index (χ0n) is 18.2. The van der Waals surface area contributed by atoms with Gasteiger partial charge < -0.3 is 24.3 Å². The van der Waals surface area contributed by atoms with Crippen LogP contribution in [0.2, 0.25) is 5.02 Å². The number of fused-ring (bicyclic) bond motifs is 1. The number of hydrogen-bond acceptors (Lipinski definition) is 6. The zero-order valence-corrected chi connectivity index (χ0v) is 18.9. The Morgan fingerprint density at radius 1 is 1.17 bits per heavy atom. The molecule has 1 N–H and O–H groups in total. The van der Waals surface area contributed by atoms with Crippen molar-refractivity contribution in [3.05, 3.63) is 22.2 Å². The van der Waals surface area contributed by atoms with Gasteiger partial charge in [0, 0.05) is 11.6 Å². The number of esters is 1. The monoisotopic (exact) mass is 439 g/mol. The van der Waals surface area contributed by atoms with Gasteiger partial charge in [-0.05, 0) is 65.4 Å². The van der Waals surface area contributed by atoms with Crippen molar-refractivity contribution in [2.75, 3.05) is 13.7 Å². The van der Waals surface area contributed by atoms with Crippen LogP contribution in [-0.4, -0.2) is 43.5 Å². The summed E-state index contributed by atoms with van der Waals surface area (Å²) >= 11 is 6.38. The average molecular weight is 440 g/mol. The summed E-state index contributed by atoms with van der Waals surface area (Å²) in [7, 11) is 1.33. The lowest BCUT2D eigenvalue weighted by Crippen LogP contribution is -2.44. The Kier molecular flexibility index (Phi) is 6.70. The highest BCUT2D eigenvalue weighted by atomic mass is 35.5. The second kappa shape index (κ2) is 8.92. The molecule has 1 aromatic carbocycles. The van der Waals surface area contributed by atoms with E-state index in [2.05, 4.69) is 5.32 Å². The van der Waals surface area contributed by atoms with Gasteiger partial charge in [0.05, 0.1) is 17.7 Å². The van der Waals surface area contributed by atoms with Crippen LogP contribution in [0.3, 0.4) is 0 Å². The molecule has 1 saturated carbocycles. The Morgan fingerprint density at radius 2 is 1.83 bits per heavy atom. The fraction of sp³-hybridized carbons (Fsp3) is 0.636. The molecule has 0 saturated heterocycles. The Bertz CT molecular complexity index is 811. The summed E-state index contributed by atoms with van der Waals surface area (Å²) in [6, 6.07) is 1.66. The molecule has 1 amide bonds. The molecule has 7 nitrogen and oxygen atoms in total. The minimum atomic E-state index is -0.507. The first-order valence-electron chi connectivity index (χ1n) is 10.3. The van der Waals surface area contributed by atoms with E-state index in [-0.39, 0.29) is 18.2 Å². The predicted octanol–water partition coefficient (Wildman–Crippen LogP) is 4.66. The van der Waals surface area contributed by atoms with Crippen LogP contribution in [0.4, 0.5) is 4.79 Å². The summed E-state index contributed by atoms with van der Waals surface area (Å²) in [5.41, 5.74) is 0.523. The maximum atomic E-state index is 12.0. The van der Waals surface area contributed by atoms with Gasteiger partial charge in [0.25, 0.3) is 0 Å². The van der Waals surface area contributed by atoms with E-state index in [1.54, 1.807) is 13.0 Å². The maximum Gasteiger partial charge on any atom is 0.407 e. The van der Waals surface area contributed by atoms with Crippen molar-refractivity contribution < 1.29 is 28.5 Å². The number of rotatable bonds is 3. The van der Waals surface area contributed by atoms with Gasteiger partial charge >= 0.3 is 12.1 Å². The van der Waals surface area contributed by atoms with Crippen LogP contribution in [0.5, 0.6) is 11.5 Å². The Hall–Kier alpha value is -2.15. The molecule has 1 atom stereocenters. The minimum Gasteiger partial charge on any atom is -0.485 e. The summed E-state index contributed by atoms with van der Waals surface area (Å²) in [6.07, 6.45) is 3.01. The van der Waals surface area contributed by atoms with Crippen LogP contribution in [0, 0.1) is 12.8 Å². The second-order valence-corrected chi connectivity index (χ2v) is 9.31. The summed E-state index contributed by atoms with van der Waals surface area (Å²) in [6.45, 7) is 7.73. The number of carbonyl (C=O) groups is 2. The minimum absolute atomic E-state index is 0.0985. The highest BCUT2D eigenvalue weighted by molar-refractivity contribution is 6.32. The van der Waals surface area contributed by atoms with Gasteiger partial charge in [-0.15, -0.1) is 0 Å². The van der Waals surface area contributed by atoms with Crippen molar-refractivity contribution in [3.63, 3.8) is 0 Å². The fourth-order valence-corrected chi connectivity index (χ4v) is 4.24. The molecule has 1 aliphatic heterocycles. The molecule has 0 unspecified atom stereocenters. The molecule has 1 aliphatic carbocycles. The lowest BCUT2D eigenvalue weighted by Gasteiger charge is -2.37. The molecular formula is C22H30ClNO6. The number of carbonyl (C=O) groups excluding carboxylic acids is 2. The Labute approximate surface area is 182 Å². The summed E-state index contributed by atoms with van der Waals surface area (Å²) in [5.74, 6) is 0.816. The second-order valence-electron chi connectivity index (χ2n) is 8.91. The summed E-state index contributed by atoms with van der Waals surface area (Å²) in [4.78, 5) is 23.9. The van der Waals surface area contributed by atoms with Crippen molar-refractivity contribution in [2.24, 2.45) is 5.92 Å². The molecule has 166 valence electrons. The van der Waals surface area contributed by atoms with Crippen LogP contribution in [0.1, 0.15) is 62.4 Å². The fourth-order valence-electron chi connectivity index (χ4n) is 4.00. The topological polar surface area (TPSA) is 83.1 Å². The molecular weight excluding hydrogens is 410 g/mol. The van der Waals surface area contributed by atoms with Crippen molar-refractivity contribution in [1.29, 1.82) is 0 Å². The number of halogens is 1. The number of nitrogens with one attached hydrogen (secondary N) is 1. The van der Waals surface area contributed by atoms with E-state index in [4.69, 9.17) is 30.5 Å². The smallest absolute Gasteiger partial charge is 0.407 e. The summed E-state index contributed by atoms with van der Waals surface area (Å²) < 4.78 is 22.3. The molecule has 8 heteroatoms. The van der Waals surface area contributed by atoms with E-state index in [9.17, 15) is 9.59 Å². The molecule has 0 radical (unpaired) electrons. The maximum absolute atomic E-state index is 12.0. The predicted molar refractivity (Wildman–Crippen MR) is 113 cm³/mol. The van der Waals surface area contributed by atoms with Gasteiger partial charge in [0.15, 0.2) is 11.5 Å². The van der Waals surface area contributed by atoms with E-state index in [1.807, 2.05) is 20.8 Å².